The second-order valence-electron chi connectivity index (χ2n) is 3.08. The predicted octanol–water partition coefficient (Wildman–Crippen LogP) is -1.59. The molecule has 0 spiro atoms. The van der Waals surface area contributed by atoms with E-state index in [4.69, 9.17) is 0 Å². The van der Waals surface area contributed by atoms with Gasteiger partial charge in [-0.05, 0) is 0 Å². The van der Waals surface area contributed by atoms with E-state index in [9.17, 15) is 0 Å². The lowest BCUT2D eigenvalue weighted by Gasteiger charge is -1.88. The smallest absolute Gasteiger partial charge is 0.245 e. The first-order chi connectivity index (χ1) is 5.72. The monoisotopic (exact) mass is 165 g/mol. The molecule has 0 N–H and O–H groups in total. The number of rotatable bonds is 0. The SMILES string of the molecule is Cc1n(C)c2c([n+]1C)=NCCN=2. The van der Waals surface area contributed by atoms with Gasteiger partial charge in [0.15, 0.2) is 0 Å². The molecule has 0 saturated heterocycles. The molecule has 0 aliphatic carbocycles. The molecule has 2 rings (SSSR count). The van der Waals surface area contributed by atoms with Crippen LogP contribution in [0.5, 0.6) is 0 Å². The van der Waals surface area contributed by atoms with Gasteiger partial charge in [0.1, 0.15) is 6.54 Å². The minimum absolute atomic E-state index is 0.824. The third-order valence-electron chi connectivity index (χ3n) is 2.43. The van der Waals surface area contributed by atoms with Crippen LogP contribution < -0.4 is 15.5 Å². The number of nitrogens with zero attached hydrogens (tertiary/aromatic N) is 4. The Kier molecular flexibility index (Phi) is 1.49. The van der Waals surface area contributed by atoms with Gasteiger partial charge in [-0.3, -0.25) is 0 Å². The van der Waals surface area contributed by atoms with Crippen LogP contribution in [0.25, 0.3) is 0 Å². The highest BCUT2D eigenvalue weighted by Crippen LogP contribution is 1.80. The van der Waals surface area contributed by atoms with Gasteiger partial charge in [-0.15, -0.1) is 4.99 Å². The zero-order chi connectivity index (χ0) is 8.72. The average molecular weight is 165 g/mol. The highest BCUT2D eigenvalue weighted by Gasteiger charge is 2.15. The van der Waals surface area contributed by atoms with Crippen LogP contribution in [0.1, 0.15) is 5.82 Å². The summed E-state index contributed by atoms with van der Waals surface area (Å²) >= 11 is 0. The lowest BCUT2D eigenvalue weighted by molar-refractivity contribution is -0.693. The van der Waals surface area contributed by atoms with Gasteiger partial charge in [-0.2, -0.15) is 0 Å². The summed E-state index contributed by atoms with van der Waals surface area (Å²) < 4.78 is 4.16. The molecule has 0 radical (unpaired) electrons. The fourth-order valence-corrected chi connectivity index (χ4v) is 1.50. The van der Waals surface area contributed by atoms with Crippen LogP contribution in [-0.2, 0) is 14.1 Å². The Labute approximate surface area is 70.9 Å². The quantitative estimate of drug-likeness (QED) is 0.415. The summed E-state index contributed by atoms with van der Waals surface area (Å²) in [4.78, 5) is 8.85. The molecule has 4 nitrogen and oxygen atoms in total. The van der Waals surface area contributed by atoms with E-state index >= 15 is 0 Å². The van der Waals surface area contributed by atoms with Crippen molar-refractivity contribution in [1.29, 1.82) is 0 Å². The van der Waals surface area contributed by atoms with E-state index in [1.807, 2.05) is 14.1 Å². The first kappa shape index (κ1) is 7.46. The first-order valence-corrected chi connectivity index (χ1v) is 4.12. The van der Waals surface area contributed by atoms with E-state index in [1.165, 1.54) is 5.82 Å². The lowest BCUT2D eigenvalue weighted by atomic mass is 10.6. The van der Waals surface area contributed by atoms with E-state index in [1.54, 1.807) is 0 Å². The van der Waals surface area contributed by atoms with Crippen LogP contribution in [0.2, 0.25) is 0 Å². The maximum Gasteiger partial charge on any atom is 0.316 e. The number of aromatic nitrogens is 2. The van der Waals surface area contributed by atoms with Gasteiger partial charge in [-0.1, -0.05) is 0 Å². The molecular weight excluding hydrogens is 152 g/mol. The minimum Gasteiger partial charge on any atom is -0.245 e. The molecule has 0 amide bonds. The Morgan fingerprint density at radius 1 is 1.33 bits per heavy atom. The number of hydrogen-bond acceptors (Lipinski definition) is 2. The molecule has 12 heavy (non-hydrogen) atoms. The third kappa shape index (κ3) is 0.807. The van der Waals surface area contributed by atoms with Crippen LogP contribution in [0, 0.1) is 6.92 Å². The van der Waals surface area contributed by atoms with Crippen molar-refractivity contribution in [2.45, 2.75) is 6.92 Å². The van der Waals surface area contributed by atoms with Crippen LogP contribution in [-0.4, -0.2) is 17.7 Å². The fraction of sp³-hybridized carbons (Fsp3) is 0.625. The van der Waals surface area contributed by atoms with E-state index in [2.05, 4.69) is 26.0 Å². The summed E-state index contributed by atoms with van der Waals surface area (Å²) in [5.41, 5.74) is 2.03. The standard InChI is InChI=1S/C8H13N4/c1-6-11(2)7-8(12(6)3)10-5-4-9-7/h4-5H2,1-3H3/q+1. The zero-order valence-corrected chi connectivity index (χ0v) is 7.70. The van der Waals surface area contributed by atoms with Crippen molar-refractivity contribution in [1.82, 2.24) is 4.57 Å². The predicted molar refractivity (Wildman–Crippen MR) is 43.4 cm³/mol. The van der Waals surface area contributed by atoms with Crippen LogP contribution in [0.3, 0.4) is 0 Å². The van der Waals surface area contributed by atoms with Crippen molar-refractivity contribution in [3.05, 3.63) is 16.8 Å². The normalized spacial score (nSPS) is 14.9. The molecule has 0 fully saturated rings. The molecule has 2 heterocycles. The molecule has 4 heteroatoms. The molecule has 1 aromatic heterocycles. The Balaban J connectivity index is 2.96. The highest BCUT2D eigenvalue weighted by molar-refractivity contribution is 4.81. The molecule has 1 aromatic rings. The summed E-state index contributed by atoms with van der Waals surface area (Å²) in [5.74, 6) is 1.19. The van der Waals surface area contributed by atoms with Crippen LogP contribution in [0.4, 0.5) is 0 Å². The Hall–Kier alpha value is -1.19. The average Bonchev–Trinajstić information content (AvgIpc) is 2.33. The number of hydrogen-bond donors (Lipinski definition) is 0. The van der Waals surface area contributed by atoms with E-state index < -0.39 is 0 Å². The fourth-order valence-electron chi connectivity index (χ4n) is 1.50. The van der Waals surface area contributed by atoms with Crippen molar-refractivity contribution in [3.63, 3.8) is 0 Å². The Morgan fingerprint density at radius 3 is 2.67 bits per heavy atom. The van der Waals surface area contributed by atoms with Gasteiger partial charge >= 0.3 is 5.49 Å². The molecule has 0 unspecified atom stereocenters. The molecule has 0 bridgehead atoms. The maximum absolute atomic E-state index is 4.42. The second kappa shape index (κ2) is 2.40. The maximum atomic E-state index is 4.42. The molecule has 1 aliphatic rings. The van der Waals surface area contributed by atoms with E-state index in [0.717, 1.165) is 24.1 Å². The van der Waals surface area contributed by atoms with E-state index in [-0.39, 0.29) is 0 Å². The minimum atomic E-state index is 0.824. The molecular formula is C8H13N4+. The third-order valence-corrected chi connectivity index (χ3v) is 2.43. The molecule has 0 saturated carbocycles. The van der Waals surface area contributed by atoms with Crippen LogP contribution >= 0.6 is 0 Å². The summed E-state index contributed by atoms with van der Waals surface area (Å²) in [6.45, 7) is 3.72. The Morgan fingerprint density at radius 2 is 2.00 bits per heavy atom. The summed E-state index contributed by atoms with van der Waals surface area (Å²) in [7, 11) is 4.05. The van der Waals surface area contributed by atoms with Gasteiger partial charge in [-0.25, -0.2) is 14.1 Å². The van der Waals surface area contributed by atoms with Gasteiger partial charge in [0.2, 0.25) is 5.82 Å². The van der Waals surface area contributed by atoms with Crippen molar-refractivity contribution in [2.75, 3.05) is 13.1 Å². The van der Waals surface area contributed by atoms with Crippen molar-refractivity contribution in [3.8, 4) is 0 Å². The first-order valence-electron chi connectivity index (χ1n) is 4.12. The van der Waals surface area contributed by atoms with Gasteiger partial charge in [0.05, 0.1) is 20.6 Å². The van der Waals surface area contributed by atoms with Crippen molar-refractivity contribution in [2.24, 2.45) is 24.1 Å². The number of imidazole rings is 1. The van der Waals surface area contributed by atoms with Gasteiger partial charge in [0, 0.05) is 6.92 Å². The Bertz CT molecular complexity index is 387. The largest absolute Gasteiger partial charge is 0.316 e. The topological polar surface area (TPSA) is 33.5 Å². The van der Waals surface area contributed by atoms with Gasteiger partial charge in [0.25, 0.3) is 5.49 Å². The molecule has 1 aliphatic heterocycles. The second-order valence-corrected chi connectivity index (χ2v) is 3.08. The zero-order valence-electron chi connectivity index (χ0n) is 7.70. The van der Waals surface area contributed by atoms with E-state index in [0.29, 0.717) is 0 Å². The van der Waals surface area contributed by atoms with Crippen molar-refractivity contribution < 1.29 is 4.57 Å². The molecule has 0 aromatic carbocycles. The summed E-state index contributed by atoms with van der Waals surface area (Å²) in [5, 5.41) is 0. The highest BCUT2D eigenvalue weighted by atomic mass is 15.2. The van der Waals surface area contributed by atoms with Crippen molar-refractivity contribution >= 4 is 0 Å². The molecule has 0 atom stereocenters. The van der Waals surface area contributed by atoms with Gasteiger partial charge < -0.3 is 0 Å². The summed E-state index contributed by atoms with van der Waals surface area (Å²) in [6, 6.07) is 0. The summed E-state index contributed by atoms with van der Waals surface area (Å²) in [6.07, 6.45) is 0. The van der Waals surface area contributed by atoms with Crippen LogP contribution in [0.15, 0.2) is 9.98 Å². The lowest BCUT2D eigenvalue weighted by Crippen LogP contribution is -2.52. The number of fused-ring (bicyclic) bond motifs is 1. The molecule has 64 valence electrons.